The van der Waals surface area contributed by atoms with Gasteiger partial charge in [-0.3, -0.25) is 0 Å². The van der Waals surface area contributed by atoms with Crippen LogP contribution in [-0.2, 0) is 56.8 Å². The maximum Gasteiger partial charge on any atom is 0.0251 e. The molecule has 3 heteroatoms. The maximum absolute atomic E-state index is 11.3. The van der Waals surface area contributed by atoms with Crippen molar-refractivity contribution in [3.05, 3.63) is 47.5 Å². The molecule has 1 aromatic rings. The zero-order valence-electron chi connectivity index (χ0n) is 10.3. The number of fused-ring (bicyclic) bond motifs is 1. The molecule has 1 aromatic carbocycles. The van der Waals surface area contributed by atoms with Crippen LogP contribution in [0.4, 0.5) is 0 Å². The van der Waals surface area contributed by atoms with E-state index in [9.17, 15) is 4.79 Å². The Morgan fingerprint density at radius 3 is 2.65 bits per heavy atom. The Hall–Kier alpha value is -0.206. The number of amides is 1. The first-order valence-electron chi connectivity index (χ1n) is 5.77. The maximum atomic E-state index is 11.3. The molecule has 1 radical (unpaired) electrons. The molecule has 0 heterocycles. The van der Waals surface area contributed by atoms with Crippen molar-refractivity contribution < 1.29 is 37.5 Å². The molecule has 2 nitrogen and oxygen atoms in total. The molecule has 0 aliphatic heterocycles. The Kier molecular flexibility index (Phi) is 4.91. The fourth-order valence-corrected chi connectivity index (χ4v) is 2.41. The molecule has 1 aliphatic rings. The molecule has 0 bridgehead atoms. The van der Waals surface area contributed by atoms with E-state index in [2.05, 4.69) is 32.0 Å². The normalized spacial score (nSPS) is 21.8. The monoisotopic (exact) mass is 304 g/mol. The summed E-state index contributed by atoms with van der Waals surface area (Å²) in [7, 11) is 0. The Bertz CT molecular complexity index is 430. The average molecular weight is 304 g/mol. The predicted molar refractivity (Wildman–Crippen MR) is 65.0 cm³/mol. The third kappa shape index (κ3) is 2.97. The van der Waals surface area contributed by atoms with Crippen LogP contribution in [-0.4, -0.2) is 5.91 Å². The van der Waals surface area contributed by atoms with E-state index in [0.717, 1.165) is 12.8 Å². The van der Waals surface area contributed by atoms with E-state index in [4.69, 9.17) is 5.73 Å². The fourth-order valence-electron chi connectivity index (χ4n) is 2.41. The van der Waals surface area contributed by atoms with Gasteiger partial charge >= 0.3 is 0 Å². The number of rotatable bonds is 3. The van der Waals surface area contributed by atoms with Crippen LogP contribution in [0, 0.1) is 12.3 Å². The second-order valence-electron chi connectivity index (χ2n) is 4.82. The Balaban J connectivity index is 0.00000144. The van der Waals surface area contributed by atoms with Gasteiger partial charge in [0, 0.05) is 38.6 Å². The zero-order valence-corrected chi connectivity index (χ0v) is 13.1. The summed E-state index contributed by atoms with van der Waals surface area (Å²) in [5.74, 6) is -0.541. The van der Waals surface area contributed by atoms with E-state index in [1.165, 1.54) is 16.7 Å². The Labute approximate surface area is 128 Å². The van der Waals surface area contributed by atoms with Crippen LogP contribution in [0.2, 0.25) is 0 Å². The summed E-state index contributed by atoms with van der Waals surface area (Å²) >= 11 is 0. The van der Waals surface area contributed by atoms with Crippen molar-refractivity contribution in [1.82, 2.24) is 0 Å². The minimum absolute atomic E-state index is 0. The molecule has 0 fully saturated rings. The number of hydrogen-bond acceptors (Lipinski definition) is 1. The van der Waals surface area contributed by atoms with Gasteiger partial charge in [0.05, 0.1) is 0 Å². The van der Waals surface area contributed by atoms with E-state index in [1.54, 1.807) is 0 Å². The van der Waals surface area contributed by atoms with Gasteiger partial charge in [-0.05, 0) is 36.0 Å². The fraction of sp³-hybridized carbons (Fsp3) is 0.429. The quantitative estimate of drug-likeness (QED) is 0.791. The van der Waals surface area contributed by atoms with Crippen molar-refractivity contribution >= 4 is 5.91 Å². The van der Waals surface area contributed by atoms with Crippen LogP contribution in [0.1, 0.15) is 30.0 Å². The first-order chi connectivity index (χ1) is 7.55. The molecule has 1 aliphatic carbocycles. The molecule has 0 aromatic heterocycles. The van der Waals surface area contributed by atoms with Gasteiger partial charge in [0.25, 0.3) is 0 Å². The second-order valence-corrected chi connectivity index (χ2v) is 4.82. The van der Waals surface area contributed by atoms with Crippen LogP contribution in [0.3, 0.4) is 0 Å². The smallest absolute Gasteiger partial charge is 0.0251 e. The molecule has 0 saturated heterocycles. The number of carbonyl (C=O) groups excluding carboxylic acids is 1. The first kappa shape index (κ1) is 14.9. The van der Waals surface area contributed by atoms with Crippen molar-refractivity contribution in [2.45, 2.75) is 32.6 Å². The van der Waals surface area contributed by atoms with Gasteiger partial charge in [-0.25, -0.2) is 0 Å². The first-order valence-corrected chi connectivity index (χ1v) is 5.77. The molecule has 0 saturated carbocycles. The van der Waals surface area contributed by atoms with Crippen molar-refractivity contribution in [3.8, 4) is 0 Å². The molecule has 17 heavy (non-hydrogen) atoms. The van der Waals surface area contributed by atoms with E-state index in [-0.39, 0.29) is 32.7 Å². The number of hydrogen-bond donors (Lipinski definition) is 0. The standard InChI is InChI=1S/C14H18NO.Y/c1-3-4-10-5-6-11-8-14(2,13(15)16)9-12(11)7-10;/h5-7H,2-4,8-9H2,1H3,(H2,15,16);/q-1;/p-1. The van der Waals surface area contributed by atoms with Gasteiger partial charge < -0.3 is 17.5 Å². The predicted octanol–water partition coefficient (Wildman–Crippen LogP) is 3.13. The minimum Gasteiger partial charge on any atom is -0.670 e. The summed E-state index contributed by atoms with van der Waals surface area (Å²) in [5, 5.41) is 0. The van der Waals surface area contributed by atoms with Crippen LogP contribution in [0.15, 0.2) is 18.2 Å². The van der Waals surface area contributed by atoms with Crippen LogP contribution < -0.4 is 0 Å². The zero-order chi connectivity index (χ0) is 11.8. The molecule has 1 N–H and O–H groups in total. The molecule has 1 unspecified atom stereocenters. The van der Waals surface area contributed by atoms with Gasteiger partial charge in [-0.2, -0.15) is 0 Å². The summed E-state index contributed by atoms with van der Waals surface area (Å²) in [6.07, 6.45) is 3.46. The second kappa shape index (κ2) is 5.62. The van der Waals surface area contributed by atoms with Gasteiger partial charge in [-0.1, -0.05) is 31.5 Å². The summed E-state index contributed by atoms with van der Waals surface area (Å²) in [6, 6.07) is 6.40. The molecule has 1 atom stereocenters. The summed E-state index contributed by atoms with van der Waals surface area (Å²) in [6.45, 7) is 6.08. The average Bonchev–Trinajstić information content (AvgIpc) is 2.55. The van der Waals surface area contributed by atoms with Gasteiger partial charge in [0.2, 0.25) is 0 Å². The van der Waals surface area contributed by atoms with Crippen LogP contribution in [0.5, 0.6) is 0 Å². The van der Waals surface area contributed by atoms with Crippen molar-refractivity contribution in [2.75, 3.05) is 0 Å². The van der Waals surface area contributed by atoms with E-state index < -0.39 is 11.3 Å². The Morgan fingerprint density at radius 2 is 2.06 bits per heavy atom. The molecular formula is C14H17NOY-2. The number of nitrogens with one attached hydrogen (secondary N) is 1. The number of aryl methyl sites for hydroxylation is 1. The van der Waals surface area contributed by atoms with E-state index in [1.807, 2.05) is 0 Å². The van der Waals surface area contributed by atoms with Crippen molar-refractivity contribution in [3.63, 3.8) is 0 Å². The molecule has 89 valence electrons. The van der Waals surface area contributed by atoms with Crippen molar-refractivity contribution in [1.29, 1.82) is 0 Å². The largest absolute Gasteiger partial charge is 0.670 e. The van der Waals surface area contributed by atoms with Gasteiger partial charge in [-0.15, -0.1) is 5.41 Å². The third-order valence-corrected chi connectivity index (χ3v) is 3.35. The molecule has 2 rings (SSSR count). The summed E-state index contributed by atoms with van der Waals surface area (Å²) < 4.78 is 0. The minimum atomic E-state index is -0.729. The van der Waals surface area contributed by atoms with Crippen LogP contribution in [0.25, 0.3) is 5.73 Å². The number of benzene rings is 1. The van der Waals surface area contributed by atoms with Crippen molar-refractivity contribution in [2.24, 2.45) is 5.41 Å². The summed E-state index contributed by atoms with van der Waals surface area (Å²) in [4.78, 5) is 11.3. The Morgan fingerprint density at radius 1 is 1.41 bits per heavy atom. The molecule has 1 amide bonds. The van der Waals surface area contributed by atoms with E-state index in [0.29, 0.717) is 12.8 Å². The third-order valence-electron chi connectivity index (χ3n) is 3.35. The molecule has 0 spiro atoms. The topological polar surface area (TPSA) is 40.9 Å². The summed E-state index contributed by atoms with van der Waals surface area (Å²) in [5.41, 5.74) is 10.3. The van der Waals surface area contributed by atoms with Gasteiger partial charge in [0.1, 0.15) is 0 Å². The SMILES string of the molecule is [CH2-]C1(C([NH-])=O)Cc2ccc(CCC)cc2C1.[Y]. The van der Waals surface area contributed by atoms with E-state index >= 15 is 0 Å². The van der Waals surface area contributed by atoms with Crippen LogP contribution >= 0.6 is 0 Å². The molecular weight excluding hydrogens is 287 g/mol. The number of carbonyl (C=O) groups is 1. The van der Waals surface area contributed by atoms with Gasteiger partial charge in [0.15, 0.2) is 0 Å².